The number of nitrogens with one attached hydrogen (secondary N) is 1. The molecule has 1 aromatic carbocycles. The lowest BCUT2D eigenvalue weighted by Gasteiger charge is -2.32. The van der Waals surface area contributed by atoms with Crippen LogP contribution in [0.5, 0.6) is 0 Å². The van der Waals surface area contributed by atoms with Crippen molar-refractivity contribution in [3.8, 4) is 5.69 Å². The van der Waals surface area contributed by atoms with Gasteiger partial charge in [-0.05, 0) is 61.7 Å². The Bertz CT molecular complexity index is 958. The van der Waals surface area contributed by atoms with E-state index < -0.39 is 0 Å². The summed E-state index contributed by atoms with van der Waals surface area (Å²) in [6.45, 7) is 2.39. The summed E-state index contributed by atoms with van der Waals surface area (Å²) in [6, 6.07) is 9.98. The second-order valence-electron chi connectivity index (χ2n) is 7.33. The number of carbonyl (C=O) groups excluding carboxylic acids is 1. The van der Waals surface area contributed by atoms with Gasteiger partial charge in [0.05, 0.1) is 11.7 Å². The highest BCUT2D eigenvalue weighted by Crippen LogP contribution is 2.35. The van der Waals surface area contributed by atoms with Crippen LogP contribution < -0.4 is 5.32 Å². The first-order valence-corrected chi connectivity index (χ1v) is 10.2. The molecule has 0 bridgehead atoms. The lowest BCUT2D eigenvalue weighted by Crippen LogP contribution is -2.38. The van der Waals surface area contributed by atoms with Gasteiger partial charge in [0, 0.05) is 54.5 Å². The molecule has 1 aliphatic rings. The van der Waals surface area contributed by atoms with Gasteiger partial charge in [0.15, 0.2) is 0 Å². The fourth-order valence-corrected chi connectivity index (χ4v) is 4.20. The number of hydrogen-bond donors (Lipinski definition) is 1. The topological polar surface area (TPSA) is 50.2 Å². The third kappa shape index (κ3) is 3.77. The quantitative estimate of drug-likeness (QED) is 0.709. The summed E-state index contributed by atoms with van der Waals surface area (Å²) >= 11 is 6.06. The number of rotatable bonds is 5. The summed E-state index contributed by atoms with van der Waals surface area (Å²) in [6.07, 6.45) is 8.57. The first kappa shape index (κ1) is 19.0. The third-order valence-corrected chi connectivity index (χ3v) is 5.87. The molecule has 1 fully saturated rings. The monoisotopic (exact) mass is 396 g/mol. The van der Waals surface area contributed by atoms with Gasteiger partial charge in [-0.25, -0.2) is 0 Å². The van der Waals surface area contributed by atoms with Crippen LogP contribution in [0.25, 0.3) is 16.6 Å². The summed E-state index contributed by atoms with van der Waals surface area (Å²) in [4.78, 5) is 18.6. The van der Waals surface area contributed by atoms with Crippen LogP contribution in [0.1, 0.15) is 30.7 Å². The van der Waals surface area contributed by atoms with Crippen molar-refractivity contribution in [3.63, 3.8) is 0 Å². The average molecular weight is 397 g/mol. The van der Waals surface area contributed by atoms with E-state index >= 15 is 0 Å². The van der Waals surface area contributed by atoms with Gasteiger partial charge in [-0.1, -0.05) is 11.6 Å². The summed E-state index contributed by atoms with van der Waals surface area (Å²) in [5.74, 6) is 0.701. The molecule has 1 N–H and O–H groups in total. The highest BCUT2D eigenvalue weighted by Gasteiger charge is 2.26. The Morgan fingerprint density at radius 3 is 2.68 bits per heavy atom. The second kappa shape index (κ2) is 8.33. The highest BCUT2D eigenvalue weighted by atomic mass is 35.5. The van der Waals surface area contributed by atoms with Crippen LogP contribution >= 0.6 is 11.6 Å². The fraction of sp³-hybridized carbons (Fsp3) is 0.364. The molecule has 5 nitrogen and oxygen atoms in total. The Hall–Kier alpha value is -2.37. The van der Waals surface area contributed by atoms with Gasteiger partial charge in [-0.3, -0.25) is 9.78 Å². The van der Waals surface area contributed by atoms with Crippen molar-refractivity contribution < 1.29 is 4.79 Å². The van der Waals surface area contributed by atoms with Crippen molar-refractivity contribution in [1.29, 1.82) is 0 Å². The van der Waals surface area contributed by atoms with Crippen molar-refractivity contribution in [1.82, 2.24) is 19.8 Å². The maximum Gasteiger partial charge on any atom is 0.223 e. The van der Waals surface area contributed by atoms with Crippen molar-refractivity contribution in [2.75, 3.05) is 26.7 Å². The summed E-state index contributed by atoms with van der Waals surface area (Å²) in [5.41, 5.74) is 3.52. The van der Waals surface area contributed by atoms with Gasteiger partial charge in [0.2, 0.25) is 5.91 Å². The summed E-state index contributed by atoms with van der Waals surface area (Å²) < 4.78 is 2.19. The standard InChI is InChI=1S/C22H25ClN4O/c1-24-10-7-22(28)26-12-8-16(9-13-26)20-15-27(18-4-2-17(23)3-5-18)21-14-25-11-6-19(20)21/h2-6,11,14-16,24H,7-10,12-13H2,1H3. The molecule has 4 rings (SSSR count). The smallest absolute Gasteiger partial charge is 0.223 e. The van der Waals surface area contributed by atoms with Crippen molar-refractivity contribution in [2.24, 2.45) is 0 Å². The Labute approximate surface area is 170 Å². The number of amides is 1. The minimum absolute atomic E-state index is 0.251. The molecule has 2 aromatic heterocycles. The Morgan fingerprint density at radius 1 is 1.21 bits per heavy atom. The molecule has 3 aromatic rings. The SMILES string of the molecule is CNCCC(=O)N1CCC(c2cn(-c3ccc(Cl)cc3)c3cnccc23)CC1. The molecule has 0 saturated carbocycles. The van der Waals surface area contributed by atoms with E-state index in [1.54, 1.807) is 0 Å². The number of benzene rings is 1. The maximum atomic E-state index is 12.3. The van der Waals surface area contributed by atoms with Crippen LogP contribution in [0.15, 0.2) is 48.9 Å². The van der Waals surface area contributed by atoms with E-state index in [9.17, 15) is 4.79 Å². The second-order valence-corrected chi connectivity index (χ2v) is 7.77. The van der Waals surface area contributed by atoms with E-state index in [0.717, 1.165) is 48.7 Å². The molecule has 0 atom stereocenters. The predicted octanol–water partition coefficient (Wildman–Crippen LogP) is 3.99. The van der Waals surface area contributed by atoms with Crippen LogP contribution in [0.4, 0.5) is 0 Å². The van der Waals surface area contributed by atoms with E-state index in [2.05, 4.69) is 27.1 Å². The lowest BCUT2D eigenvalue weighted by atomic mass is 9.89. The molecule has 1 saturated heterocycles. The van der Waals surface area contributed by atoms with Gasteiger partial charge < -0.3 is 14.8 Å². The summed E-state index contributed by atoms with van der Waals surface area (Å²) in [7, 11) is 1.88. The molecule has 0 spiro atoms. The Kier molecular flexibility index (Phi) is 5.64. The minimum atomic E-state index is 0.251. The van der Waals surface area contributed by atoms with E-state index in [0.29, 0.717) is 12.3 Å². The van der Waals surface area contributed by atoms with Crippen LogP contribution in [0, 0.1) is 0 Å². The zero-order valence-electron chi connectivity index (χ0n) is 16.1. The fourth-order valence-electron chi connectivity index (χ4n) is 4.07. The predicted molar refractivity (Wildman–Crippen MR) is 113 cm³/mol. The average Bonchev–Trinajstić information content (AvgIpc) is 3.12. The largest absolute Gasteiger partial charge is 0.343 e. The van der Waals surface area contributed by atoms with Crippen LogP contribution in [-0.2, 0) is 4.79 Å². The molecule has 0 unspecified atom stereocenters. The zero-order chi connectivity index (χ0) is 19.5. The number of aromatic nitrogens is 2. The van der Waals surface area contributed by atoms with Crippen LogP contribution in [0.2, 0.25) is 5.02 Å². The number of likely N-dealkylation sites (tertiary alicyclic amines) is 1. The number of hydrogen-bond acceptors (Lipinski definition) is 3. The maximum absolute atomic E-state index is 12.3. The van der Waals surface area contributed by atoms with Crippen molar-refractivity contribution in [2.45, 2.75) is 25.2 Å². The zero-order valence-corrected chi connectivity index (χ0v) is 16.8. The molecule has 146 valence electrons. The van der Waals surface area contributed by atoms with E-state index in [1.165, 1.54) is 10.9 Å². The first-order valence-electron chi connectivity index (χ1n) is 9.80. The molecule has 6 heteroatoms. The molecule has 28 heavy (non-hydrogen) atoms. The van der Waals surface area contributed by atoms with Crippen LogP contribution in [0.3, 0.4) is 0 Å². The van der Waals surface area contributed by atoms with Crippen LogP contribution in [-0.4, -0.2) is 47.0 Å². The minimum Gasteiger partial charge on any atom is -0.343 e. The molecule has 1 amide bonds. The van der Waals surface area contributed by atoms with E-state index in [1.807, 2.05) is 48.6 Å². The number of carbonyl (C=O) groups is 1. The van der Waals surface area contributed by atoms with Gasteiger partial charge >= 0.3 is 0 Å². The van der Waals surface area contributed by atoms with Gasteiger partial charge in [-0.2, -0.15) is 0 Å². The highest BCUT2D eigenvalue weighted by molar-refractivity contribution is 6.30. The van der Waals surface area contributed by atoms with E-state index in [-0.39, 0.29) is 5.91 Å². The number of pyridine rings is 1. The first-order chi connectivity index (χ1) is 13.7. The number of fused-ring (bicyclic) bond motifs is 1. The van der Waals surface area contributed by atoms with E-state index in [4.69, 9.17) is 11.6 Å². The normalized spacial score (nSPS) is 15.3. The molecule has 3 heterocycles. The molecule has 0 radical (unpaired) electrons. The molecular weight excluding hydrogens is 372 g/mol. The molecule has 0 aliphatic carbocycles. The Balaban J connectivity index is 1.58. The van der Waals surface area contributed by atoms with Crippen molar-refractivity contribution in [3.05, 3.63) is 59.5 Å². The van der Waals surface area contributed by atoms with Gasteiger partial charge in [0.25, 0.3) is 0 Å². The van der Waals surface area contributed by atoms with Crippen molar-refractivity contribution >= 4 is 28.4 Å². The number of nitrogens with zero attached hydrogens (tertiary/aromatic N) is 3. The molecule has 1 aliphatic heterocycles. The number of halogens is 1. The van der Waals surface area contributed by atoms with Gasteiger partial charge in [0.1, 0.15) is 0 Å². The Morgan fingerprint density at radius 2 is 1.96 bits per heavy atom. The number of piperidine rings is 1. The molecular formula is C22H25ClN4O. The lowest BCUT2D eigenvalue weighted by molar-refractivity contribution is -0.132. The third-order valence-electron chi connectivity index (χ3n) is 5.62. The van der Waals surface area contributed by atoms with Gasteiger partial charge in [-0.15, -0.1) is 0 Å². The summed E-state index contributed by atoms with van der Waals surface area (Å²) in [5, 5.41) is 5.02.